The third-order valence-corrected chi connectivity index (χ3v) is 6.96. The van der Waals surface area contributed by atoms with Crippen LogP contribution in [0.15, 0.2) is 52.3 Å². The van der Waals surface area contributed by atoms with Crippen LogP contribution >= 0.6 is 23.4 Å². The molecule has 0 bridgehead atoms. The predicted octanol–water partition coefficient (Wildman–Crippen LogP) is 3.50. The second-order valence-electron chi connectivity index (χ2n) is 6.02. The number of halogens is 2. The SMILES string of the molecule is O=C(CCNS(=O)(=O)c1cccc(Cl)c1)NC1CCSc2c(F)cccc21. The topological polar surface area (TPSA) is 75.3 Å². The molecule has 1 atom stereocenters. The Labute approximate surface area is 166 Å². The Morgan fingerprint density at radius 1 is 1.26 bits per heavy atom. The molecule has 2 N–H and O–H groups in total. The van der Waals surface area contributed by atoms with Gasteiger partial charge in [-0.05, 0) is 36.2 Å². The Kier molecular flexibility index (Phi) is 6.41. The molecule has 1 unspecified atom stereocenters. The highest BCUT2D eigenvalue weighted by Crippen LogP contribution is 2.37. The van der Waals surface area contributed by atoms with E-state index >= 15 is 0 Å². The number of benzene rings is 2. The Bertz CT molecular complexity index is 953. The Hall–Kier alpha value is -1.61. The van der Waals surface area contributed by atoms with Gasteiger partial charge in [-0.3, -0.25) is 4.79 Å². The molecule has 1 aliphatic rings. The molecule has 9 heteroatoms. The summed E-state index contributed by atoms with van der Waals surface area (Å²) in [6.07, 6.45) is 0.676. The fourth-order valence-electron chi connectivity index (χ4n) is 2.82. The maximum Gasteiger partial charge on any atom is 0.240 e. The molecule has 2 aromatic carbocycles. The first-order chi connectivity index (χ1) is 12.9. The Morgan fingerprint density at radius 2 is 2.04 bits per heavy atom. The molecule has 0 spiro atoms. The average Bonchev–Trinajstić information content (AvgIpc) is 2.62. The van der Waals surface area contributed by atoms with Gasteiger partial charge in [0.05, 0.1) is 10.9 Å². The van der Waals surface area contributed by atoms with Gasteiger partial charge in [0.1, 0.15) is 5.82 Å². The lowest BCUT2D eigenvalue weighted by Gasteiger charge is -2.26. The van der Waals surface area contributed by atoms with Gasteiger partial charge in [0.2, 0.25) is 15.9 Å². The van der Waals surface area contributed by atoms with E-state index in [-0.39, 0.29) is 35.6 Å². The maximum absolute atomic E-state index is 13.9. The molecule has 1 amide bonds. The predicted molar refractivity (Wildman–Crippen MR) is 104 cm³/mol. The molecule has 0 radical (unpaired) electrons. The van der Waals surface area contributed by atoms with Gasteiger partial charge in [-0.1, -0.05) is 29.8 Å². The van der Waals surface area contributed by atoms with E-state index in [2.05, 4.69) is 10.0 Å². The summed E-state index contributed by atoms with van der Waals surface area (Å²) in [7, 11) is -3.73. The molecule has 0 aromatic heterocycles. The second kappa shape index (κ2) is 8.60. The fourth-order valence-corrected chi connectivity index (χ4v) is 5.29. The zero-order valence-electron chi connectivity index (χ0n) is 14.2. The van der Waals surface area contributed by atoms with Gasteiger partial charge in [0.25, 0.3) is 0 Å². The number of thioether (sulfide) groups is 1. The lowest BCUT2D eigenvalue weighted by molar-refractivity contribution is -0.121. The molecule has 3 rings (SSSR count). The minimum atomic E-state index is -3.73. The first-order valence-corrected chi connectivity index (χ1v) is 11.2. The molecule has 27 heavy (non-hydrogen) atoms. The van der Waals surface area contributed by atoms with E-state index in [4.69, 9.17) is 11.6 Å². The van der Waals surface area contributed by atoms with Crippen molar-refractivity contribution in [2.75, 3.05) is 12.3 Å². The quantitative estimate of drug-likeness (QED) is 0.738. The van der Waals surface area contributed by atoms with Crippen molar-refractivity contribution in [1.82, 2.24) is 10.0 Å². The molecule has 0 fully saturated rings. The summed E-state index contributed by atoms with van der Waals surface area (Å²) in [5, 5.41) is 3.18. The van der Waals surface area contributed by atoms with Gasteiger partial charge in [-0.25, -0.2) is 17.5 Å². The lowest BCUT2D eigenvalue weighted by Crippen LogP contribution is -2.34. The highest BCUT2D eigenvalue weighted by atomic mass is 35.5. The van der Waals surface area contributed by atoms with Crippen LogP contribution in [0.4, 0.5) is 4.39 Å². The largest absolute Gasteiger partial charge is 0.349 e. The number of carbonyl (C=O) groups excluding carboxylic acids is 1. The first kappa shape index (κ1) is 20.1. The standard InChI is InChI=1S/C18H18ClFN2O3S2/c19-12-3-1-4-13(11-12)27(24,25)21-9-7-17(23)22-16-8-10-26-18-14(16)5-2-6-15(18)20/h1-6,11,16,21H,7-10H2,(H,22,23). The normalized spacial score (nSPS) is 16.6. The van der Waals surface area contributed by atoms with E-state index in [1.54, 1.807) is 24.3 Å². The minimum Gasteiger partial charge on any atom is -0.349 e. The van der Waals surface area contributed by atoms with Crippen LogP contribution in [0.1, 0.15) is 24.4 Å². The maximum atomic E-state index is 13.9. The molecule has 1 aliphatic heterocycles. The number of sulfonamides is 1. The average molecular weight is 429 g/mol. The molecule has 0 saturated heterocycles. The number of fused-ring (bicyclic) bond motifs is 1. The second-order valence-corrected chi connectivity index (χ2v) is 9.33. The zero-order valence-corrected chi connectivity index (χ0v) is 16.6. The van der Waals surface area contributed by atoms with E-state index in [0.717, 1.165) is 5.56 Å². The summed E-state index contributed by atoms with van der Waals surface area (Å²) >= 11 is 7.25. The number of amides is 1. The lowest BCUT2D eigenvalue weighted by atomic mass is 10.0. The molecule has 2 aromatic rings. The fraction of sp³-hybridized carbons (Fsp3) is 0.278. The van der Waals surface area contributed by atoms with Crippen molar-refractivity contribution in [3.8, 4) is 0 Å². The summed E-state index contributed by atoms with van der Waals surface area (Å²) in [6.45, 7) is -0.0435. The highest BCUT2D eigenvalue weighted by Gasteiger charge is 2.24. The van der Waals surface area contributed by atoms with Gasteiger partial charge < -0.3 is 5.32 Å². The van der Waals surface area contributed by atoms with Crippen molar-refractivity contribution in [3.63, 3.8) is 0 Å². The van der Waals surface area contributed by atoms with Crippen LogP contribution in [0, 0.1) is 5.82 Å². The molecule has 0 saturated carbocycles. The number of rotatable bonds is 6. The van der Waals surface area contributed by atoms with Crippen molar-refractivity contribution in [3.05, 3.63) is 58.9 Å². The van der Waals surface area contributed by atoms with E-state index in [9.17, 15) is 17.6 Å². The van der Waals surface area contributed by atoms with E-state index < -0.39 is 10.0 Å². The molecular formula is C18H18ClFN2O3S2. The van der Waals surface area contributed by atoms with Crippen LogP contribution in [0.25, 0.3) is 0 Å². The van der Waals surface area contributed by atoms with Crippen molar-refractivity contribution in [1.29, 1.82) is 0 Å². The van der Waals surface area contributed by atoms with Crippen LogP contribution in [0.2, 0.25) is 5.02 Å². The third kappa shape index (κ3) is 5.01. The van der Waals surface area contributed by atoms with Gasteiger partial charge in [-0.15, -0.1) is 11.8 Å². The molecule has 5 nitrogen and oxygen atoms in total. The van der Waals surface area contributed by atoms with Crippen molar-refractivity contribution >= 4 is 39.3 Å². The summed E-state index contributed by atoms with van der Waals surface area (Å²) in [5.74, 6) is 0.127. The monoisotopic (exact) mass is 428 g/mol. The molecule has 1 heterocycles. The number of carbonyl (C=O) groups is 1. The van der Waals surface area contributed by atoms with E-state index in [0.29, 0.717) is 22.1 Å². The Balaban J connectivity index is 1.56. The third-order valence-electron chi connectivity index (χ3n) is 4.11. The number of hydrogen-bond donors (Lipinski definition) is 2. The van der Waals surface area contributed by atoms with Gasteiger partial charge in [0, 0.05) is 28.6 Å². The summed E-state index contributed by atoms with van der Waals surface area (Å²) in [5.41, 5.74) is 0.763. The molecule has 0 aliphatic carbocycles. The smallest absolute Gasteiger partial charge is 0.240 e. The van der Waals surface area contributed by atoms with Gasteiger partial charge in [0.15, 0.2) is 0 Å². The highest BCUT2D eigenvalue weighted by molar-refractivity contribution is 7.99. The zero-order chi connectivity index (χ0) is 19.4. The minimum absolute atomic E-state index is 0.0198. The first-order valence-electron chi connectivity index (χ1n) is 8.32. The summed E-state index contributed by atoms with van der Waals surface area (Å²) in [4.78, 5) is 12.8. The van der Waals surface area contributed by atoms with Crippen molar-refractivity contribution < 1.29 is 17.6 Å². The number of nitrogens with one attached hydrogen (secondary N) is 2. The summed E-state index contributed by atoms with van der Waals surface area (Å²) < 4.78 is 40.7. The van der Waals surface area contributed by atoms with Gasteiger partial charge in [-0.2, -0.15) is 0 Å². The van der Waals surface area contributed by atoms with Crippen molar-refractivity contribution in [2.45, 2.75) is 28.7 Å². The van der Waals surface area contributed by atoms with E-state index in [1.165, 1.54) is 30.0 Å². The van der Waals surface area contributed by atoms with Crippen molar-refractivity contribution in [2.24, 2.45) is 0 Å². The van der Waals surface area contributed by atoms with E-state index in [1.807, 2.05) is 0 Å². The van der Waals surface area contributed by atoms with Gasteiger partial charge >= 0.3 is 0 Å². The van der Waals surface area contributed by atoms with Crippen LogP contribution in [0.3, 0.4) is 0 Å². The van der Waals surface area contributed by atoms with Crippen LogP contribution in [0.5, 0.6) is 0 Å². The van der Waals surface area contributed by atoms with Crippen LogP contribution in [-0.2, 0) is 14.8 Å². The number of hydrogen-bond acceptors (Lipinski definition) is 4. The van der Waals surface area contributed by atoms with Crippen LogP contribution < -0.4 is 10.0 Å². The molecular weight excluding hydrogens is 411 g/mol. The molecule has 144 valence electrons. The Morgan fingerprint density at radius 3 is 2.81 bits per heavy atom. The van der Waals surface area contributed by atoms with Crippen LogP contribution in [-0.4, -0.2) is 26.6 Å². The summed E-state index contributed by atoms with van der Waals surface area (Å²) in [6, 6.07) is 10.5.